The van der Waals surface area contributed by atoms with Crippen LogP contribution in [-0.2, 0) is 33.9 Å². The third-order valence-corrected chi connectivity index (χ3v) is 9.99. The predicted octanol–water partition coefficient (Wildman–Crippen LogP) is 2.44. The number of carboxylic acids is 1. The summed E-state index contributed by atoms with van der Waals surface area (Å²) in [7, 11) is -2.98. The zero-order valence-electron chi connectivity index (χ0n) is 25.0. The van der Waals surface area contributed by atoms with Crippen molar-refractivity contribution in [2.45, 2.75) is 71.6 Å². The van der Waals surface area contributed by atoms with Gasteiger partial charge in [0.1, 0.15) is 15.6 Å². The van der Waals surface area contributed by atoms with Crippen LogP contribution < -0.4 is 39.4 Å². The molecule has 1 spiro atoms. The summed E-state index contributed by atoms with van der Waals surface area (Å²) < 4.78 is 28.6. The SMILES string of the molecule is Cc1cc(OCCCS(C)(=O)=O)cc(C)c1-c1cccc(CCc2ccc3c(c2)CC2(CC2)C3CC(=O)[O-])c1C.[Na+]. The summed E-state index contributed by atoms with van der Waals surface area (Å²) in [5, 5.41) is 11.4. The first-order chi connectivity index (χ1) is 19.0. The molecule has 5 rings (SSSR count). The van der Waals surface area contributed by atoms with Gasteiger partial charge in [-0.25, -0.2) is 8.42 Å². The van der Waals surface area contributed by atoms with Gasteiger partial charge < -0.3 is 14.6 Å². The van der Waals surface area contributed by atoms with Crippen LogP contribution in [0.5, 0.6) is 5.75 Å². The van der Waals surface area contributed by atoms with Crippen molar-refractivity contribution in [3.63, 3.8) is 0 Å². The van der Waals surface area contributed by atoms with Gasteiger partial charge in [-0.15, -0.1) is 0 Å². The van der Waals surface area contributed by atoms with Crippen molar-refractivity contribution in [3.05, 3.63) is 87.5 Å². The minimum absolute atomic E-state index is 0. The van der Waals surface area contributed by atoms with E-state index >= 15 is 0 Å². The molecule has 2 aliphatic carbocycles. The van der Waals surface area contributed by atoms with Crippen LogP contribution in [0.4, 0.5) is 0 Å². The monoisotopic (exact) mass is 582 g/mol. The van der Waals surface area contributed by atoms with E-state index in [4.69, 9.17) is 4.74 Å². The van der Waals surface area contributed by atoms with Gasteiger partial charge in [0, 0.05) is 12.2 Å². The van der Waals surface area contributed by atoms with E-state index in [-0.39, 0.29) is 53.1 Å². The fraction of sp³-hybridized carbons (Fsp3) is 0.441. The number of benzene rings is 3. The second kappa shape index (κ2) is 12.6. The maximum absolute atomic E-state index is 11.4. The average molecular weight is 583 g/mol. The minimum atomic E-state index is -2.98. The van der Waals surface area contributed by atoms with Crippen molar-refractivity contribution < 1.29 is 52.6 Å². The molecule has 0 radical (unpaired) electrons. The average Bonchev–Trinajstić information content (AvgIpc) is 3.58. The van der Waals surface area contributed by atoms with E-state index in [2.05, 4.69) is 57.2 Å². The van der Waals surface area contributed by atoms with Crippen LogP contribution in [0.15, 0.2) is 48.5 Å². The maximum Gasteiger partial charge on any atom is 1.00 e. The number of aryl methyl sites for hydroxylation is 4. The van der Waals surface area contributed by atoms with Crippen LogP contribution in [0.2, 0.25) is 0 Å². The largest absolute Gasteiger partial charge is 1.00 e. The molecule has 1 saturated carbocycles. The van der Waals surface area contributed by atoms with E-state index in [0.717, 1.165) is 49.0 Å². The van der Waals surface area contributed by atoms with Crippen molar-refractivity contribution in [2.24, 2.45) is 5.41 Å². The number of carboxylic acid groups (broad SMARTS) is 1. The topological polar surface area (TPSA) is 83.5 Å². The first-order valence-corrected chi connectivity index (χ1v) is 16.3. The zero-order valence-corrected chi connectivity index (χ0v) is 27.8. The summed E-state index contributed by atoms with van der Waals surface area (Å²) in [4.78, 5) is 11.4. The smallest absolute Gasteiger partial charge is 0.550 e. The van der Waals surface area contributed by atoms with E-state index < -0.39 is 15.8 Å². The summed E-state index contributed by atoms with van der Waals surface area (Å²) in [6.07, 6.45) is 6.97. The third kappa shape index (κ3) is 7.27. The first kappa shape index (κ1) is 31.8. The number of fused-ring (bicyclic) bond motifs is 1. The first-order valence-electron chi connectivity index (χ1n) is 14.3. The molecular formula is C34H39NaO5S. The summed E-state index contributed by atoms with van der Waals surface area (Å²) in [5.41, 5.74) is 11.3. The van der Waals surface area contributed by atoms with Gasteiger partial charge >= 0.3 is 29.6 Å². The van der Waals surface area contributed by atoms with Crippen molar-refractivity contribution in [1.29, 1.82) is 0 Å². The van der Waals surface area contributed by atoms with Crippen molar-refractivity contribution in [3.8, 4) is 16.9 Å². The van der Waals surface area contributed by atoms with Crippen molar-refractivity contribution >= 4 is 15.8 Å². The van der Waals surface area contributed by atoms with Gasteiger partial charge in [0.05, 0.1) is 12.4 Å². The van der Waals surface area contributed by atoms with Gasteiger partial charge in [-0.1, -0.05) is 36.4 Å². The quantitative estimate of drug-likeness (QED) is 0.256. The van der Waals surface area contributed by atoms with E-state index in [1.807, 2.05) is 12.1 Å². The Balaban J connectivity index is 0.00000387. The van der Waals surface area contributed by atoms with Crippen LogP contribution in [0.25, 0.3) is 11.1 Å². The van der Waals surface area contributed by atoms with E-state index in [0.29, 0.717) is 13.0 Å². The van der Waals surface area contributed by atoms with Crippen LogP contribution in [-0.4, -0.2) is 33.0 Å². The van der Waals surface area contributed by atoms with Crippen LogP contribution in [0, 0.1) is 26.2 Å². The summed E-state index contributed by atoms with van der Waals surface area (Å²) in [6.45, 7) is 6.77. The van der Waals surface area contributed by atoms with Crippen molar-refractivity contribution in [2.75, 3.05) is 18.6 Å². The Morgan fingerprint density at radius 3 is 2.37 bits per heavy atom. The Labute approximate surface area is 266 Å². The Morgan fingerprint density at radius 1 is 1.02 bits per heavy atom. The molecule has 1 unspecified atom stereocenters. The molecule has 212 valence electrons. The number of sulfone groups is 1. The van der Waals surface area contributed by atoms with Crippen LogP contribution in [0.1, 0.15) is 70.5 Å². The molecule has 0 aromatic heterocycles. The van der Waals surface area contributed by atoms with Gasteiger partial charge in [-0.2, -0.15) is 0 Å². The molecule has 2 aliphatic rings. The molecular weight excluding hydrogens is 543 g/mol. The van der Waals surface area contributed by atoms with E-state index in [1.54, 1.807) is 0 Å². The normalized spacial score (nSPS) is 16.7. The van der Waals surface area contributed by atoms with Gasteiger partial charge in [-0.05, 0) is 139 Å². The van der Waals surface area contributed by atoms with Gasteiger partial charge in [0.2, 0.25) is 0 Å². The second-order valence-electron chi connectivity index (χ2n) is 12.1. The number of rotatable bonds is 11. The van der Waals surface area contributed by atoms with Crippen LogP contribution >= 0.6 is 0 Å². The molecule has 0 N–H and O–H groups in total. The summed E-state index contributed by atoms with van der Waals surface area (Å²) in [5.74, 6) is 0.0639. The molecule has 0 bridgehead atoms. The van der Waals surface area contributed by atoms with E-state index in [9.17, 15) is 18.3 Å². The predicted molar refractivity (Wildman–Crippen MR) is 157 cm³/mol. The number of aliphatic carboxylic acids is 1. The second-order valence-corrected chi connectivity index (χ2v) is 14.3. The third-order valence-electron chi connectivity index (χ3n) is 8.96. The van der Waals surface area contributed by atoms with Crippen molar-refractivity contribution in [1.82, 2.24) is 0 Å². The van der Waals surface area contributed by atoms with Gasteiger partial charge in [-0.3, -0.25) is 0 Å². The standard InChI is InChI=1S/C34H40O5S.Na/c1-22-17-28(39-15-6-16-40(4,37)38)18-23(2)33(22)29-8-5-7-26(24(29)3)11-9-25-10-12-30-27(19-25)21-34(13-14-34)31(30)20-32(35)36;/h5,7-8,10,12,17-19,31H,6,9,11,13-16,20-21H2,1-4H3,(H,35,36);/q;+1/p-1. The summed E-state index contributed by atoms with van der Waals surface area (Å²) >= 11 is 0. The Kier molecular flexibility index (Phi) is 9.80. The molecule has 1 atom stereocenters. The number of ether oxygens (including phenoxy) is 1. The number of hydrogen-bond donors (Lipinski definition) is 0. The Morgan fingerprint density at radius 2 is 1.73 bits per heavy atom. The molecule has 3 aromatic carbocycles. The minimum Gasteiger partial charge on any atom is -0.550 e. The Bertz CT molecular complexity index is 1530. The molecule has 0 amide bonds. The fourth-order valence-corrected chi connectivity index (χ4v) is 7.41. The maximum atomic E-state index is 11.4. The molecule has 1 fully saturated rings. The molecule has 5 nitrogen and oxygen atoms in total. The number of carbonyl (C=O) groups is 1. The summed E-state index contributed by atoms with van der Waals surface area (Å²) in [6, 6.07) is 17.3. The number of carbonyl (C=O) groups excluding carboxylic acids is 1. The zero-order chi connectivity index (χ0) is 28.7. The fourth-order valence-electron chi connectivity index (χ4n) is 6.77. The van der Waals surface area contributed by atoms with Gasteiger partial charge in [0.25, 0.3) is 0 Å². The molecule has 3 aromatic rings. The Hall–Kier alpha value is -2.12. The molecule has 0 saturated heterocycles. The molecule has 41 heavy (non-hydrogen) atoms. The van der Waals surface area contributed by atoms with E-state index in [1.165, 1.54) is 45.2 Å². The molecule has 7 heteroatoms. The van der Waals surface area contributed by atoms with Crippen LogP contribution in [0.3, 0.4) is 0 Å². The van der Waals surface area contributed by atoms with Gasteiger partial charge in [0.15, 0.2) is 0 Å². The number of hydrogen-bond acceptors (Lipinski definition) is 5. The molecule has 0 aliphatic heterocycles. The molecule has 0 heterocycles.